The van der Waals surface area contributed by atoms with Crippen molar-refractivity contribution in [1.29, 1.82) is 0 Å². The standard InChI is InChI=1S/C13H18N4/c1-9-3-2-6-17(8-9)13-15-11-5-4-10(14)7-12(11)16-13/h4-5,7,9H,2-3,6,8,14H2,1H3,(H,15,16). The van der Waals surface area contributed by atoms with Crippen LogP contribution in [0.5, 0.6) is 0 Å². The maximum atomic E-state index is 5.77. The summed E-state index contributed by atoms with van der Waals surface area (Å²) in [6, 6.07) is 5.81. The Kier molecular flexibility index (Phi) is 2.42. The van der Waals surface area contributed by atoms with Crippen molar-refractivity contribution in [3.05, 3.63) is 18.2 Å². The third-order valence-corrected chi connectivity index (χ3v) is 3.45. The van der Waals surface area contributed by atoms with Crippen LogP contribution in [-0.4, -0.2) is 23.1 Å². The molecule has 1 saturated heterocycles. The molecule has 0 bridgehead atoms. The van der Waals surface area contributed by atoms with Crippen molar-refractivity contribution < 1.29 is 0 Å². The molecule has 1 unspecified atom stereocenters. The number of anilines is 2. The first-order valence-electron chi connectivity index (χ1n) is 6.22. The Balaban J connectivity index is 1.94. The van der Waals surface area contributed by atoms with E-state index in [1.54, 1.807) is 0 Å². The number of imidazole rings is 1. The summed E-state index contributed by atoms with van der Waals surface area (Å²) in [5.41, 5.74) is 8.57. The molecule has 4 heteroatoms. The highest BCUT2D eigenvalue weighted by Crippen LogP contribution is 2.23. The number of hydrogen-bond acceptors (Lipinski definition) is 3. The van der Waals surface area contributed by atoms with Crippen LogP contribution in [0.1, 0.15) is 19.8 Å². The molecular formula is C13H18N4. The topological polar surface area (TPSA) is 57.9 Å². The zero-order valence-electron chi connectivity index (χ0n) is 10.1. The first-order chi connectivity index (χ1) is 8.22. The predicted molar refractivity (Wildman–Crippen MR) is 71.1 cm³/mol. The lowest BCUT2D eigenvalue weighted by atomic mass is 10.0. The molecule has 0 saturated carbocycles. The normalized spacial score (nSPS) is 21.0. The molecule has 17 heavy (non-hydrogen) atoms. The van der Waals surface area contributed by atoms with E-state index in [9.17, 15) is 0 Å². The van der Waals surface area contributed by atoms with Gasteiger partial charge in [0.25, 0.3) is 0 Å². The molecule has 2 heterocycles. The number of nitrogens with one attached hydrogen (secondary N) is 1. The predicted octanol–water partition coefficient (Wildman–Crippen LogP) is 2.38. The summed E-state index contributed by atoms with van der Waals surface area (Å²) in [4.78, 5) is 10.3. The van der Waals surface area contributed by atoms with Gasteiger partial charge in [-0.25, -0.2) is 4.98 Å². The van der Waals surface area contributed by atoms with E-state index < -0.39 is 0 Å². The fourth-order valence-electron chi connectivity index (χ4n) is 2.55. The van der Waals surface area contributed by atoms with Crippen LogP contribution in [0.15, 0.2) is 18.2 Å². The van der Waals surface area contributed by atoms with Crippen molar-refractivity contribution in [3.63, 3.8) is 0 Å². The van der Waals surface area contributed by atoms with Crippen LogP contribution >= 0.6 is 0 Å². The minimum absolute atomic E-state index is 0.752. The van der Waals surface area contributed by atoms with Gasteiger partial charge in [0.05, 0.1) is 11.0 Å². The number of H-pyrrole nitrogens is 1. The number of hydrogen-bond donors (Lipinski definition) is 2. The zero-order chi connectivity index (χ0) is 11.8. The number of piperidine rings is 1. The van der Waals surface area contributed by atoms with Gasteiger partial charge in [0.2, 0.25) is 5.95 Å². The van der Waals surface area contributed by atoms with Gasteiger partial charge in [0.1, 0.15) is 0 Å². The molecule has 1 aliphatic rings. The second kappa shape index (κ2) is 3.95. The molecule has 1 aromatic heterocycles. The number of benzene rings is 1. The van der Waals surface area contributed by atoms with Crippen LogP contribution in [0, 0.1) is 5.92 Å². The van der Waals surface area contributed by atoms with Gasteiger partial charge in [-0.2, -0.15) is 0 Å². The number of nitrogens with zero attached hydrogens (tertiary/aromatic N) is 2. The molecule has 90 valence electrons. The summed E-state index contributed by atoms with van der Waals surface area (Å²) in [6.07, 6.45) is 2.57. The average Bonchev–Trinajstić information content (AvgIpc) is 2.72. The Bertz CT molecular complexity index is 531. The van der Waals surface area contributed by atoms with Crippen LogP contribution in [-0.2, 0) is 0 Å². The first-order valence-corrected chi connectivity index (χ1v) is 6.22. The maximum absolute atomic E-state index is 5.77. The lowest BCUT2D eigenvalue weighted by Crippen LogP contribution is -2.34. The fraction of sp³-hybridized carbons (Fsp3) is 0.462. The summed E-state index contributed by atoms with van der Waals surface area (Å²) in [7, 11) is 0. The Morgan fingerprint density at radius 2 is 2.35 bits per heavy atom. The Morgan fingerprint density at radius 1 is 1.47 bits per heavy atom. The van der Waals surface area contributed by atoms with Gasteiger partial charge >= 0.3 is 0 Å². The largest absolute Gasteiger partial charge is 0.399 e. The molecule has 1 fully saturated rings. The van der Waals surface area contributed by atoms with E-state index in [2.05, 4.69) is 21.8 Å². The Labute approximate surface area is 101 Å². The van der Waals surface area contributed by atoms with Crippen LogP contribution in [0.2, 0.25) is 0 Å². The molecule has 0 spiro atoms. The average molecular weight is 230 g/mol. The summed E-state index contributed by atoms with van der Waals surface area (Å²) < 4.78 is 0. The van der Waals surface area contributed by atoms with Gasteiger partial charge in [-0.15, -0.1) is 0 Å². The quantitative estimate of drug-likeness (QED) is 0.739. The lowest BCUT2D eigenvalue weighted by molar-refractivity contribution is 0.443. The van der Waals surface area contributed by atoms with Crippen molar-refractivity contribution in [2.24, 2.45) is 5.92 Å². The lowest BCUT2D eigenvalue weighted by Gasteiger charge is -2.30. The third-order valence-electron chi connectivity index (χ3n) is 3.45. The summed E-state index contributed by atoms with van der Waals surface area (Å²) >= 11 is 0. The number of aromatic amines is 1. The van der Waals surface area contributed by atoms with Crippen molar-refractivity contribution in [2.45, 2.75) is 19.8 Å². The van der Waals surface area contributed by atoms with Crippen molar-refractivity contribution in [3.8, 4) is 0 Å². The number of rotatable bonds is 1. The smallest absolute Gasteiger partial charge is 0.203 e. The molecule has 1 atom stereocenters. The molecule has 0 radical (unpaired) electrons. The van der Waals surface area contributed by atoms with E-state index in [1.807, 2.05) is 18.2 Å². The van der Waals surface area contributed by atoms with E-state index in [0.717, 1.165) is 41.7 Å². The van der Waals surface area contributed by atoms with Crippen LogP contribution in [0.4, 0.5) is 11.6 Å². The second-order valence-corrected chi connectivity index (χ2v) is 5.03. The van der Waals surface area contributed by atoms with Crippen molar-refractivity contribution in [2.75, 3.05) is 23.7 Å². The molecule has 2 aromatic rings. The third kappa shape index (κ3) is 1.95. The van der Waals surface area contributed by atoms with E-state index in [-0.39, 0.29) is 0 Å². The Hall–Kier alpha value is -1.71. The van der Waals surface area contributed by atoms with Gasteiger partial charge < -0.3 is 15.6 Å². The van der Waals surface area contributed by atoms with Crippen LogP contribution < -0.4 is 10.6 Å². The monoisotopic (exact) mass is 230 g/mol. The van der Waals surface area contributed by atoms with Gasteiger partial charge in [-0.05, 0) is 37.0 Å². The highest BCUT2D eigenvalue weighted by Gasteiger charge is 2.18. The zero-order valence-corrected chi connectivity index (χ0v) is 10.1. The number of nitrogen functional groups attached to an aromatic ring is 1. The maximum Gasteiger partial charge on any atom is 0.203 e. The highest BCUT2D eigenvalue weighted by molar-refractivity contribution is 5.80. The summed E-state index contributed by atoms with van der Waals surface area (Å²) in [6.45, 7) is 4.49. The van der Waals surface area contributed by atoms with Gasteiger partial charge in [0.15, 0.2) is 0 Å². The van der Waals surface area contributed by atoms with E-state index in [1.165, 1.54) is 12.8 Å². The molecule has 3 N–H and O–H groups in total. The Morgan fingerprint density at radius 3 is 3.18 bits per heavy atom. The first kappa shape index (κ1) is 10.4. The van der Waals surface area contributed by atoms with Gasteiger partial charge in [0, 0.05) is 18.8 Å². The SMILES string of the molecule is CC1CCCN(c2nc3ccc(N)cc3[nH]2)C1. The fourth-order valence-corrected chi connectivity index (χ4v) is 2.55. The molecule has 4 nitrogen and oxygen atoms in total. The highest BCUT2D eigenvalue weighted by atomic mass is 15.3. The molecule has 1 aliphatic heterocycles. The summed E-state index contributed by atoms with van der Waals surface area (Å²) in [5.74, 6) is 1.74. The minimum Gasteiger partial charge on any atom is -0.399 e. The van der Waals surface area contributed by atoms with Crippen molar-refractivity contribution in [1.82, 2.24) is 9.97 Å². The van der Waals surface area contributed by atoms with E-state index >= 15 is 0 Å². The van der Waals surface area contributed by atoms with Crippen molar-refractivity contribution >= 4 is 22.7 Å². The summed E-state index contributed by atoms with van der Waals surface area (Å²) in [5, 5.41) is 0. The second-order valence-electron chi connectivity index (χ2n) is 5.03. The minimum atomic E-state index is 0.752. The number of fused-ring (bicyclic) bond motifs is 1. The molecular weight excluding hydrogens is 212 g/mol. The van der Waals surface area contributed by atoms with E-state index in [4.69, 9.17) is 5.73 Å². The van der Waals surface area contributed by atoms with Gasteiger partial charge in [-0.3, -0.25) is 0 Å². The van der Waals surface area contributed by atoms with Crippen LogP contribution in [0.25, 0.3) is 11.0 Å². The number of aromatic nitrogens is 2. The van der Waals surface area contributed by atoms with E-state index in [0.29, 0.717) is 0 Å². The van der Waals surface area contributed by atoms with Crippen LogP contribution in [0.3, 0.4) is 0 Å². The van der Waals surface area contributed by atoms with Gasteiger partial charge in [-0.1, -0.05) is 6.92 Å². The molecule has 1 aromatic carbocycles. The molecule has 3 rings (SSSR count). The number of nitrogens with two attached hydrogens (primary N) is 1. The molecule has 0 aliphatic carbocycles. The molecule has 0 amide bonds.